The van der Waals surface area contributed by atoms with E-state index in [1.165, 1.54) is 0 Å². The number of benzene rings is 1. The van der Waals surface area contributed by atoms with Gasteiger partial charge in [0.1, 0.15) is 6.10 Å². The van der Waals surface area contributed by atoms with Crippen LogP contribution in [0.2, 0.25) is 0 Å². The molecule has 82 valence electrons. The Morgan fingerprint density at radius 1 is 1.27 bits per heavy atom. The van der Waals surface area contributed by atoms with Crippen LogP contribution in [-0.2, 0) is 9.53 Å². The summed E-state index contributed by atoms with van der Waals surface area (Å²) in [6, 6.07) is 9.38. The van der Waals surface area contributed by atoms with Gasteiger partial charge in [0.2, 0.25) is 0 Å². The molecule has 1 aromatic rings. The van der Waals surface area contributed by atoms with Gasteiger partial charge in [-0.1, -0.05) is 32.0 Å². The predicted octanol–water partition coefficient (Wildman–Crippen LogP) is 2.30. The van der Waals surface area contributed by atoms with Crippen LogP contribution >= 0.6 is 0 Å². The number of anilines is 1. The summed E-state index contributed by atoms with van der Waals surface area (Å²) < 4.78 is 5.13. The van der Waals surface area contributed by atoms with E-state index < -0.39 is 6.10 Å². The third-order valence-electron chi connectivity index (χ3n) is 2.16. The van der Waals surface area contributed by atoms with Crippen molar-refractivity contribution in [2.45, 2.75) is 20.0 Å². The van der Waals surface area contributed by atoms with Gasteiger partial charge >= 0.3 is 0 Å². The van der Waals surface area contributed by atoms with E-state index in [0.29, 0.717) is 0 Å². The van der Waals surface area contributed by atoms with E-state index in [9.17, 15) is 4.79 Å². The molecule has 1 rings (SSSR count). The highest BCUT2D eigenvalue weighted by atomic mass is 16.5. The Morgan fingerprint density at radius 3 is 2.33 bits per heavy atom. The molecule has 0 aliphatic carbocycles. The zero-order valence-corrected chi connectivity index (χ0v) is 9.36. The zero-order valence-electron chi connectivity index (χ0n) is 9.36. The van der Waals surface area contributed by atoms with Crippen molar-refractivity contribution in [1.29, 1.82) is 0 Å². The lowest BCUT2D eigenvalue weighted by molar-refractivity contribution is -0.128. The summed E-state index contributed by atoms with van der Waals surface area (Å²) in [5, 5.41) is 2.81. The summed E-state index contributed by atoms with van der Waals surface area (Å²) in [4.78, 5) is 11.7. The maximum atomic E-state index is 11.7. The number of methoxy groups -OCH3 is 1. The van der Waals surface area contributed by atoms with E-state index in [2.05, 4.69) is 5.32 Å². The number of carbonyl (C=O) groups is 1. The van der Waals surface area contributed by atoms with E-state index >= 15 is 0 Å². The van der Waals surface area contributed by atoms with E-state index in [4.69, 9.17) is 4.74 Å². The second-order valence-corrected chi connectivity index (χ2v) is 3.76. The Balaban J connectivity index is 2.62. The molecule has 1 aromatic carbocycles. The molecule has 1 amide bonds. The number of carbonyl (C=O) groups excluding carboxylic acids is 1. The molecule has 1 N–H and O–H groups in total. The average molecular weight is 207 g/mol. The van der Waals surface area contributed by atoms with Crippen molar-refractivity contribution < 1.29 is 9.53 Å². The molecule has 3 heteroatoms. The molecule has 0 saturated carbocycles. The van der Waals surface area contributed by atoms with Gasteiger partial charge in [0.05, 0.1) is 0 Å². The Morgan fingerprint density at radius 2 is 1.87 bits per heavy atom. The third-order valence-corrected chi connectivity index (χ3v) is 2.16. The summed E-state index contributed by atoms with van der Waals surface area (Å²) in [7, 11) is 1.55. The van der Waals surface area contributed by atoms with Gasteiger partial charge in [-0.2, -0.15) is 0 Å². The lowest BCUT2D eigenvalue weighted by Gasteiger charge is -2.18. The predicted molar refractivity (Wildman–Crippen MR) is 60.7 cm³/mol. The average Bonchev–Trinajstić information content (AvgIpc) is 2.19. The first-order chi connectivity index (χ1) is 7.15. The quantitative estimate of drug-likeness (QED) is 0.822. The zero-order chi connectivity index (χ0) is 11.3. The topological polar surface area (TPSA) is 38.3 Å². The molecular weight excluding hydrogens is 190 g/mol. The molecule has 3 nitrogen and oxygen atoms in total. The van der Waals surface area contributed by atoms with Crippen LogP contribution in [0.5, 0.6) is 0 Å². The summed E-state index contributed by atoms with van der Waals surface area (Å²) >= 11 is 0. The van der Waals surface area contributed by atoms with Crippen molar-refractivity contribution in [3.8, 4) is 0 Å². The first kappa shape index (κ1) is 11.7. The van der Waals surface area contributed by atoms with E-state index in [1.54, 1.807) is 7.11 Å². The molecule has 0 fully saturated rings. The second kappa shape index (κ2) is 5.51. The normalized spacial score (nSPS) is 12.5. The highest BCUT2D eigenvalue weighted by Crippen LogP contribution is 2.10. The maximum absolute atomic E-state index is 11.7. The van der Waals surface area contributed by atoms with Crippen LogP contribution in [0.25, 0.3) is 0 Å². The van der Waals surface area contributed by atoms with Crippen molar-refractivity contribution in [3.05, 3.63) is 30.3 Å². The summed E-state index contributed by atoms with van der Waals surface area (Å²) in [5.41, 5.74) is 0.796. The number of para-hydroxylation sites is 1. The lowest BCUT2D eigenvalue weighted by Crippen LogP contribution is -2.33. The van der Waals surface area contributed by atoms with Gasteiger partial charge in [0.25, 0.3) is 5.91 Å². The molecule has 0 aromatic heterocycles. The summed E-state index contributed by atoms with van der Waals surface area (Å²) in [6.07, 6.45) is -0.398. The molecule has 0 saturated heterocycles. The van der Waals surface area contributed by atoms with Crippen LogP contribution in [-0.4, -0.2) is 19.1 Å². The lowest BCUT2D eigenvalue weighted by atomic mass is 10.1. The van der Waals surface area contributed by atoms with E-state index in [-0.39, 0.29) is 11.8 Å². The van der Waals surface area contributed by atoms with Gasteiger partial charge < -0.3 is 10.1 Å². The molecule has 0 aliphatic rings. The first-order valence-corrected chi connectivity index (χ1v) is 5.04. The molecule has 0 radical (unpaired) electrons. The fraction of sp³-hybridized carbons (Fsp3) is 0.417. The smallest absolute Gasteiger partial charge is 0.253 e. The van der Waals surface area contributed by atoms with Crippen LogP contribution < -0.4 is 5.32 Å². The molecule has 0 aliphatic heterocycles. The van der Waals surface area contributed by atoms with Crippen LogP contribution in [0.15, 0.2) is 30.3 Å². The fourth-order valence-electron chi connectivity index (χ4n) is 1.42. The van der Waals surface area contributed by atoms with E-state index in [1.807, 2.05) is 44.2 Å². The molecule has 1 atom stereocenters. The Hall–Kier alpha value is -1.35. The number of hydrogen-bond acceptors (Lipinski definition) is 2. The van der Waals surface area contributed by atoms with Crippen molar-refractivity contribution in [2.24, 2.45) is 5.92 Å². The van der Waals surface area contributed by atoms with Crippen LogP contribution in [0.1, 0.15) is 13.8 Å². The van der Waals surface area contributed by atoms with Crippen molar-refractivity contribution in [1.82, 2.24) is 0 Å². The molecular formula is C12H17NO2. The second-order valence-electron chi connectivity index (χ2n) is 3.76. The molecule has 0 spiro atoms. The molecule has 1 unspecified atom stereocenters. The highest BCUT2D eigenvalue weighted by Gasteiger charge is 2.21. The first-order valence-electron chi connectivity index (χ1n) is 5.04. The van der Waals surface area contributed by atoms with Crippen LogP contribution in [0.4, 0.5) is 5.69 Å². The standard InChI is InChI=1S/C12H17NO2/c1-9(2)11(15-3)12(14)13-10-7-5-4-6-8-10/h4-9,11H,1-3H3,(H,13,14). The van der Waals surface area contributed by atoms with Gasteiger partial charge in [0.15, 0.2) is 0 Å². The van der Waals surface area contributed by atoms with Gasteiger partial charge in [-0.05, 0) is 18.1 Å². The van der Waals surface area contributed by atoms with Crippen LogP contribution in [0, 0.1) is 5.92 Å². The molecule has 0 heterocycles. The number of amides is 1. The molecule has 15 heavy (non-hydrogen) atoms. The third kappa shape index (κ3) is 3.36. The largest absolute Gasteiger partial charge is 0.371 e. The number of hydrogen-bond donors (Lipinski definition) is 1. The monoisotopic (exact) mass is 207 g/mol. The Kier molecular flexibility index (Phi) is 4.31. The summed E-state index contributed by atoms with van der Waals surface area (Å²) in [5.74, 6) is 0.0670. The minimum Gasteiger partial charge on any atom is -0.371 e. The Bertz CT molecular complexity index is 309. The van der Waals surface area contributed by atoms with Gasteiger partial charge in [-0.15, -0.1) is 0 Å². The van der Waals surface area contributed by atoms with E-state index in [0.717, 1.165) is 5.69 Å². The van der Waals surface area contributed by atoms with Crippen molar-refractivity contribution >= 4 is 11.6 Å². The molecule has 0 bridgehead atoms. The van der Waals surface area contributed by atoms with Gasteiger partial charge in [-0.25, -0.2) is 0 Å². The number of ether oxygens (including phenoxy) is 1. The SMILES string of the molecule is COC(C(=O)Nc1ccccc1)C(C)C. The van der Waals surface area contributed by atoms with Crippen LogP contribution in [0.3, 0.4) is 0 Å². The van der Waals surface area contributed by atoms with Crippen molar-refractivity contribution in [3.63, 3.8) is 0 Å². The number of nitrogens with one attached hydrogen (secondary N) is 1. The van der Waals surface area contributed by atoms with Gasteiger partial charge in [0, 0.05) is 12.8 Å². The highest BCUT2D eigenvalue weighted by molar-refractivity contribution is 5.94. The maximum Gasteiger partial charge on any atom is 0.253 e. The Labute approximate surface area is 90.4 Å². The number of rotatable bonds is 4. The fourth-order valence-corrected chi connectivity index (χ4v) is 1.42. The summed E-state index contributed by atoms with van der Waals surface area (Å²) in [6.45, 7) is 3.91. The van der Waals surface area contributed by atoms with Gasteiger partial charge in [-0.3, -0.25) is 4.79 Å². The minimum absolute atomic E-state index is 0.0984. The minimum atomic E-state index is -0.398. The van der Waals surface area contributed by atoms with Crippen molar-refractivity contribution in [2.75, 3.05) is 12.4 Å².